The van der Waals surface area contributed by atoms with Crippen LogP contribution < -0.4 is 5.32 Å². The van der Waals surface area contributed by atoms with Crippen molar-refractivity contribution in [2.45, 2.75) is 67.2 Å². The first kappa shape index (κ1) is 20.4. The van der Waals surface area contributed by atoms with Crippen molar-refractivity contribution in [1.29, 1.82) is 0 Å². The van der Waals surface area contributed by atoms with Crippen LogP contribution in [0.5, 0.6) is 0 Å². The maximum atomic E-state index is 11.8. The molecule has 124 valence electrons. The predicted molar refractivity (Wildman–Crippen MR) is 97.9 cm³/mol. The van der Waals surface area contributed by atoms with Crippen LogP contribution in [0.3, 0.4) is 0 Å². The summed E-state index contributed by atoms with van der Waals surface area (Å²) < 4.78 is 0. The Morgan fingerprint density at radius 2 is 1.27 bits per heavy atom. The number of rotatable bonds is 9. The lowest BCUT2D eigenvalue weighted by atomic mass is 10.1. The van der Waals surface area contributed by atoms with Crippen LogP contribution in [-0.4, -0.2) is 12.5 Å². The molecule has 0 aliphatic carbocycles. The Morgan fingerprint density at radius 3 is 1.77 bits per heavy atom. The molecule has 0 aliphatic rings. The molecule has 1 amide bonds. The highest BCUT2D eigenvalue weighted by Crippen LogP contribution is 2.07. The molecule has 1 N–H and O–H groups in total. The molecule has 0 atom stereocenters. The molecular formula is C20H33NO. The first-order chi connectivity index (χ1) is 10.3. The lowest BCUT2D eigenvalue weighted by Crippen LogP contribution is -2.21. The smallest absolute Gasteiger partial charge is 0.244 e. The fourth-order valence-corrected chi connectivity index (χ4v) is 1.95. The van der Waals surface area contributed by atoms with E-state index >= 15 is 0 Å². The second-order valence-corrected chi connectivity index (χ2v) is 6.43. The summed E-state index contributed by atoms with van der Waals surface area (Å²) in [6.07, 6.45) is 12.3. The summed E-state index contributed by atoms with van der Waals surface area (Å²) in [5.41, 5.74) is 5.13. The van der Waals surface area contributed by atoms with Crippen LogP contribution in [0.2, 0.25) is 0 Å². The van der Waals surface area contributed by atoms with E-state index in [-0.39, 0.29) is 5.91 Å². The quantitative estimate of drug-likeness (QED) is 0.443. The molecule has 0 aromatic carbocycles. The fraction of sp³-hybridized carbons (Fsp3) is 0.550. The SMILES string of the molecule is CC(C)=CCC/C(C)=C\CNC(=O)/C=C(/C)CCC=C(C)C. The summed E-state index contributed by atoms with van der Waals surface area (Å²) in [5, 5.41) is 2.92. The van der Waals surface area contributed by atoms with Crippen molar-refractivity contribution in [2.24, 2.45) is 0 Å². The van der Waals surface area contributed by atoms with E-state index in [4.69, 9.17) is 0 Å². The van der Waals surface area contributed by atoms with Crippen LogP contribution in [0.4, 0.5) is 0 Å². The number of nitrogens with one attached hydrogen (secondary N) is 1. The second kappa shape index (κ2) is 12.0. The average Bonchev–Trinajstić information content (AvgIpc) is 2.37. The lowest BCUT2D eigenvalue weighted by Gasteiger charge is -2.03. The number of hydrogen-bond donors (Lipinski definition) is 1. The molecule has 0 saturated carbocycles. The van der Waals surface area contributed by atoms with Crippen LogP contribution in [0, 0.1) is 0 Å². The van der Waals surface area contributed by atoms with Gasteiger partial charge in [0.2, 0.25) is 5.91 Å². The van der Waals surface area contributed by atoms with Crippen molar-refractivity contribution in [2.75, 3.05) is 6.54 Å². The van der Waals surface area contributed by atoms with E-state index in [0.717, 1.165) is 31.3 Å². The van der Waals surface area contributed by atoms with Gasteiger partial charge in [-0.05, 0) is 67.2 Å². The highest BCUT2D eigenvalue weighted by Gasteiger charge is 1.97. The van der Waals surface area contributed by atoms with Gasteiger partial charge in [-0.2, -0.15) is 0 Å². The zero-order valence-corrected chi connectivity index (χ0v) is 15.3. The Morgan fingerprint density at radius 1 is 0.773 bits per heavy atom. The normalized spacial score (nSPS) is 11.9. The summed E-state index contributed by atoms with van der Waals surface area (Å²) in [7, 11) is 0. The van der Waals surface area contributed by atoms with Crippen molar-refractivity contribution >= 4 is 5.91 Å². The average molecular weight is 303 g/mol. The van der Waals surface area contributed by atoms with Crippen LogP contribution in [0.1, 0.15) is 67.2 Å². The van der Waals surface area contributed by atoms with Gasteiger partial charge in [0.1, 0.15) is 0 Å². The molecule has 0 bridgehead atoms. The number of amides is 1. The van der Waals surface area contributed by atoms with Gasteiger partial charge in [0.15, 0.2) is 0 Å². The Labute approximate surface area is 137 Å². The Kier molecular flexibility index (Phi) is 11.2. The van der Waals surface area contributed by atoms with Crippen molar-refractivity contribution in [1.82, 2.24) is 5.32 Å². The number of hydrogen-bond acceptors (Lipinski definition) is 1. The fourth-order valence-electron chi connectivity index (χ4n) is 1.95. The minimum absolute atomic E-state index is 0.00282. The third-order valence-corrected chi connectivity index (χ3v) is 3.29. The Bertz CT molecular complexity index is 456. The van der Waals surface area contributed by atoms with E-state index in [0.29, 0.717) is 6.54 Å². The topological polar surface area (TPSA) is 29.1 Å². The first-order valence-corrected chi connectivity index (χ1v) is 8.18. The van der Waals surface area contributed by atoms with Gasteiger partial charge in [-0.3, -0.25) is 4.79 Å². The zero-order chi connectivity index (χ0) is 17.0. The molecule has 0 fully saturated rings. The van der Waals surface area contributed by atoms with Gasteiger partial charge >= 0.3 is 0 Å². The monoisotopic (exact) mass is 303 g/mol. The molecule has 0 spiro atoms. The molecule has 22 heavy (non-hydrogen) atoms. The van der Waals surface area contributed by atoms with E-state index in [1.54, 1.807) is 6.08 Å². The molecule has 0 aromatic rings. The molecule has 0 radical (unpaired) electrons. The van der Waals surface area contributed by atoms with E-state index < -0.39 is 0 Å². The third kappa shape index (κ3) is 13.4. The molecule has 2 heteroatoms. The number of allylic oxidation sites excluding steroid dienone is 6. The van der Waals surface area contributed by atoms with Gasteiger partial charge in [0, 0.05) is 12.6 Å². The van der Waals surface area contributed by atoms with Crippen LogP contribution in [-0.2, 0) is 4.79 Å². The minimum atomic E-state index is 0.00282. The van der Waals surface area contributed by atoms with Gasteiger partial charge in [-0.1, -0.05) is 40.5 Å². The summed E-state index contributed by atoms with van der Waals surface area (Å²) in [4.78, 5) is 11.8. The second-order valence-electron chi connectivity index (χ2n) is 6.43. The van der Waals surface area contributed by atoms with Crippen molar-refractivity contribution < 1.29 is 4.79 Å². The molecule has 0 saturated heterocycles. The summed E-state index contributed by atoms with van der Waals surface area (Å²) >= 11 is 0. The van der Waals surface area contributed by atoms with Crippen LogP contribution in [0.25, 0.3) is 0 Å². The van der Waals surface area contributed by atoms with Crippen molar-refractivity contribution in [3.63, 3.8) is 0 Å². The van der Waals surface area contributed by atoms with Gasteiger partial charge < -0.3 is 5.32 Å². The Balaban J connectivity index is 4.06. The number of carbonyl (C=O) groups excluding carboxylic acids is 1. The molecule has 0 rings (SSSR count). The van der Waals surface area contributed by atoms with Crippen molar-refractivity contribution in [3.8, 4) is 0 Å². The summed E-state index contributed by atoms with van der Waals surface area (Å²) in [5.74, 6) is 0.00282. The first-order valence-electron chi connectivity index (χ1n) is 8.18. The molecular weight excluding hydrogens is 270 g/mol. The van der Waals surface area contributed by atoms with E-state index in [9.17, 15) is 4.79 Å². The largest absolute Gasteiger partial charge is 0.349 e. The van der Waals surface area contributed by atoms with Crippen molar-refractivity contribution in [3.05, 3.63) is 46.6 Å². The van der Waals surface area contributed by atoms with E-state index in [1.165, 1.54) is 16.7 Å². The molecule has 0 unspecified atom stereocenters. The highest BCUT2D eigenvalue weighted by molar-refractivity contribution is 5.88. The molecule has 0 aromatic heterocycles. The van der Waals surface area contributed by atoms with Crippen LogP contribution >= 0.6 is 0 Å². The standard InChI is InChI=1S/C20H33NO/c1-16(2)9-7-11-18(5)13-14-21-20(22)15-19(6)12-8-10-17(3)4/h9-10,13,15H,7-8,11-12,14H2,1-6H3,(H,21,22)/b18-13-,19-15-. The summed E-state index contributed by atoms with van der Waals surface area (Å²) in [6, 6.07) is 0. The molecule has 2 nitrogen and oxygen atoms in total. The van der Waals surface area contributed by atoms with E-state index in [1.807, 2.05) is 6.92 Å². The van der Waals surface area contributed by atoms with E-state index in [2.05, 4.69) is 58.2 Å². The minimum Gasteiger partial charge on any atom is -0.349 e. The lowest BCUT2D eigenvalue weighted by molar-refractivity contribution is -0.116. The zero-order valence-electron chi connectivity index (χ0n) is 15.3. The molecule has 0 aliphatic heterocycles. The van der Waals surface area contributed by atoms with Gasteiger partial charge in [0.25, 0.3) is 0 Å². The van der Waals surface area contributed by atoms with Crippen LogP contribution in [0.15, 0.2) is 46.6 Å². The molecule has 0 heterocycles. The maximum Gasteiger partial charge on any atom is 0.244 e. The third-order valence-electron chi connectivity index (χ3n) is 3.29. The maximum absolute atomic E-state index is 11.8. The summed E-state index contributed by atoms with van der Waals surface area (Å²) in [6.45, 7) is 13.2. The van der Waals surface area contributed by atoms with Gasteiger partial charge in [-0.15, -0.1) is 0 Å². The number of carbonyl (C=O) groups is 1. The highest BCUT2D eigenvalue weighted by atomic mass is 16.1. The Hall–Kier alpha value is -1.57. The van der Waals surface area contributed by atoms with Gasteiger partial charge in [0.05, 0.1) is 0 Å². The predicted octanol–water partition coefficient (Wildman–Crippen LogP) is 5.49. The van der Waals surface area contributed by atoms with Gasteiger partial charge in [-0.25, -0.2) is 0 Å².